The molecule has 0 aromatic heterocycles. The molecule has 4 amide bonds. The number of ketones is 1. The molecule has 0 radical (unpaired) electrons. The highest BCUT2D eigenvalue weighted by Crippen LogP contribution is 2.32. The number of benzene rings is 1. The normalized spacial score (nSPS) is 20.7. The second kappa shape index (κ2) is 11.9. The summed E-state index contributed by atoms with van der Waals surface area (Å²) in [5.41, 5.74) is 1.53. The maximum Gasteiger partial charge on any atom is 0.251 e. The Morgan fingerprint density at radius 1 is 0.949 bits per heavy atom. The van der Waals surface area contributed by atoms with Gasteiger partial charge < -0.3 is 20.4 Å². The molecule has 2 heterocycles. The molecular weight excluding hydrogens is 496 g/mol. The Morgan fingerprint density at radius 2 is 1.56 bits per heavy atom. The molecular formula is C30H44N4O5. The number of carbonyl (C=O) groups excluding carboxylic acids is 5. The summed E-state index contributed by atoms with van der Waals surface area (Å²) >= 11 is 0. The van der Waals surface area contributed by atoms with E-state index < -0.39 is 24.2 Å². The molecule has 0 aliphatic carbocycles. The fourth-order valence-corrected chi connectivity index (χ4v) is 5.53. The van der Waals surface area contributed by atoms with Gasteiger partial charge in [-0.25, -0.2) is 0 Å². The van der Waals surface area contributed by atoms with Gasteiger partial charge in [-0.15, -0.1) is 0 Å². The highest BCUT2D eigenvalue weighted by atomic mass is 16.2. The van der Waals surface area contributed by atoms with Crippen molar-refractivity contribution in [2.75, 3.05) is 13.1 Å². The molecule has 9 heteroatoms. The summed E-state index contributed by atoms with van der Waals surface area (Å²) in [5.74, 6) is -1.48. The van der Waals surface area contributed by atoms with E-state index in [4.69, 9.17) is 0 Å². The zero-order valence-corrected chi connectivity index (χ0v) is 24.5. The van der Waals surface area contributed by atoms with Crippen LogP contribution in [0.1, 0.15) is 84.2 Å². The Hall–Kier alpha value is -3.23. The minimum Gasteiger partial charge on any atom is -0.344 e. The molecule has 2 saturated heterocycles. The second-order valence-electron chi connectivity index (χ2n) is 12.7. The average molecular weight is 541 g/mol. The predicted molar refractivity (Wildman–Crippen MR) is 149 cm³/mol. The third-order valence-corrected chi connectivity index (χ3v) is 7.60. The van der Waals surface area contributed by atoms with Crippen LogP contribution in [0.5, 0.6) is 0 Å². The van der Waals surface area contributed by atoms with E-state index in [-0.39, 0.29) is 53.2 Å². The number of rotatable bonds is 8. The molecule has 3 rings (SSSR count). The van der Waals surface area contributed by atoms with E-state index in [1.807, 2.05) is 39.8 Å². The van der Waals surface area contributed by atoms with Crippen molar-refractivity contribution in [1.82, 2.24) is 20.4 Å². The Morgan fingerprint density at radius 3 is 2.08 bits per heavy atom. The van der Waals surface area contributed by atoms with Gasteiger partial charge in [0.2, 0.25) is 17.7 Å². The standard InChI is InChI=1S/C30H44N4O5/c1-17(2)15-22(32-27(37)20-9-11-21(12-10-20)30(6,7)8)28(38)33-14-13-23-26(33)24(36)16-34(23)29(39)25(18(3)4)31-19(5)35/h9-12,17-18,22-23,25-26H,13-16H2,1-8H3,(H,31,35)(H,32,37). The van der Waals surface area contributed by atoms with Crippen molar-refractivity contribution in [3.05, 3.63) is 35.4 Å². The van der Waals surface area contributed by atoms with Gasteiger partial charge in [0.25, 0.3) is 5.91 Å². The van der Waals surface area contributed by atoms with Crippen LogP contribution in [0.4, 0.5) is 0 Å². The Labute approximate surface area is 232 Å². The first-order chi connectivity index (χ1) is 18.1. The van der Waals surface area contributed by atoms with Gasteiger partial charge in [-0.05, 0) is 47.8 Å². The first-order valence-electron chi connectivity index (χ1n) is 13.9. The van der Waals surface area contributed by atoms with E-state index in [2.05, 4.69) is 31.4 Å². The van der Waals surface area contributed by atoms with Gasteiger partial charge in [-0.2, -0.15) is 0 Å². The number of hydrogen-bond donors (Lipinski definition) is 2. The van der Waals surface area contributed by atoms with E-state index in [9.17, 15) is 24.0 Å². The highest BCUT2D eigenvalue weighted by molar-refractivity contribution is 6.01. The van der Waals surface area contributed by atoms with Gasteiger partial charge in [0.15, 0.2) is 5.78 Å². The monoisotopic (exact) mass is 540 g/mol. The largest absolute Gasteiger partial charge is 0.344 e. The van der Waals surface area contributed by atoms with Gasteiger partial charge in [0, 0.05) is 19.0 Å². The van der Waals surface area contributed by atoms with Crippen LogP contribution in [0.2, 0.25) is 0 Å². The summed E-state index contributed by atoms with van der Waals surface area (Å²) in [6, 6.07) is 4.66. The minimum absolute atomic E-state index is 0.0438. The molecule has 2 aliphatic rings. The summed E-state index contributed by atoms with van der Waals surface area (Å²) in [6.07, 6.45) is 0.892. The van der Waals surface area contributed by atoms with Crippen LogP contribution in [0.3, 0.4) is 0 Å². The van der Waals surface area contributed by atoms with Crippen LogP contribution in [-0.2, 0) is 24.6 Å². The molecule has 9 nitrogen and oxygen atoms in total. The third-order valence-electron chi connectivity index (χ3n) is 7.60. The molecule has 0 spiro atoms. The van der Waals surface area contributed by atoms with Crippen LogP contribution in [0.15, 0.2) is 24.3 Å². The van der Waals surface area contributed by atoms with Gasteiger partial charge in [-0.1, -0.05) is 60.6 Å². The van der Waals surface area contributed by atoms with Gasteiger partial charge in [0.1, 0.15) is 18.1 Å². The van der Waals surface area contributed by atoms with Crippen molar-refractivity contribution in [1.29, 1.82) is 0 Å². The van der Waals surface area contributed by atoms with Crippen LogP contribution >= 0.6 is 0 Å². The van der Waals surface area contributed by atoms with E-state index in [0.717, 1.165) is 5.56 Å². The number of amides is 4. The number of carbonyl (C=O) groups is 5. The molecule has 2 aliphatic heterocycles. The predicted octanol–water partition coefficient (Wildman–Crippen LogP) is 2.67. The molecule has 4 unspecified atom stereocenters. The number of nitrogens with one attached hydrogen (secondary N) is 2. The van der Waals surface area contributed by atoms with Crippen molar-refractivity contribution in [2.45, 2.75) is 97.8 Å². The molecule has 4 atom stereocenters. The number of likely N-dealkylation sites (tertiary alicyclic amines) is 2. The van der Waals surface area contributed by atoms with Crippen molar-refractivity contribution in [2.24, 2.45) is 11.8 Å². The van der Waals surface area contributed by atoms with Crippen LogP contribution < -0.4 is 10.6 Å². The quantitative estimate of drug-likeness (QED) is 0.526. The molecule has 1 aromatic carbocycles. The van der Waals surface area contributed by atoms with E-state index >= 15 is 0 Å². The lowest BCUT2D eigenvalue weighted by Crippen LogP contribution is -2.54. The van der Waals surface area contributed by atoms with Gasteiger partial charge in [0.05, 0.1) is 12.6 Å². The smallest absolute Gasteiger partial charge is 0.251 e. The third kappa shape index (κ3) is 6.86. The Balaban J connectivity index is 1.77. The molecule has 2 fully saturated rings. The fraction of sp³-hybridized carbons (Fsp3) is 0.633. The minimum atomic E-state index is -0.793. The molecule has 214 valence electrons. The van der Waals surface area contributed by atoms with Crippen LogP contribution in [-0.4, -0.2) is 76.5 Å². The number of Topliss-reactive ketones (excluding diaryl/α,β-unsaturated/α-hetero) is 1. The second-order valence-corrected chi connectivity index (χ2v) is 12.7. The van der Waals surface area contributed by atoms with Gasteiger partial charge >= 0.3 is 0 Å². The van der Waals surface area contributed by atoms with E-state index in [0.29, 0.717) is 24.9 Å². The molecule has 2 N–H and O–H groups in total. The number of hydrogen-bond acceptors (Lipinski definition) is 5. The summed E-state index contributed by atoms with van der Waals surface area (Å²) in [4.78, 5) is 68.2. The topological polar surface area (TPSA) is 116 Å². The SMILES string of the molecule is CC(=O)NC(C(=O)N1CC(=O)C2C1CCN2C(=O)C(CC(C)C)NC(=O)c1ccc(C(C)(C)C)cc1)C(C)C. The summed E-state index contributed by atoms with van der Waals surface area (Å²) in [6.45, 7) is 15.5. The Bertz CT molecular complexity index is 1110. The van der Waals surface area contributed by atoms with Gasteiger partial charge in [-0.3, -0.25) is 24.0 Å². The lowest BCUT2D eigenvalue weighted by molar-refractivity contribution is -0.138. The maximum atomic E-state index is 13.8. The van der Waals surface area contributed by atoms with Crippen molar-refractivity contribution < 1.29 is 24.0 Å². The van der Waals surface area contributed by atoms with E-state index in [1.165, 1.54) is 11.8 Å². The fourth-order valence-electron chi connectivity index (χ4n) is 5.53. The molecule has 0 saturated carbocycles. The number of fused-ring (bicyclic) bond motifs is 1. The van der Waals surface area contributed by atoms with Crippen molar-refractivity contribution in [3.63, 3.8) is 0 Å². The van der Waals surface area contributed by atoms with Crippen LogP contribution in [0.25, 0.3) is 0 Å². The zero-order valence-electron chi connectivity index (χ0n) is 24.5. The summed E-state index contributed by atoms with van der Waals surface area (Å²) < 4.78 is 0. The summed E-state index contributed by atoms with van der Waals surface area (Å²) in [7, 11) is 0. The molecule has 1 aromatic rings. The lowest BCUT2D eigenvalue weighted by Gasteiger charge is -2.30. The summed E-state index contributed by atoms with van der Waals surface area (Å²) in [5, 5.41) is 5.62. The van der Waals surface area contributed by atoms with E-state index in [1.54, 1.807) is 17.0 Å². The van der Waals surface area contributed by atoms with Crippen LogP contribution in [0, 0.1) is 11.8 Å². The molecule has 0 bridgehead atoms. The van der Waals surface area contributed by atoms with Crippen molar-refractivity contribution >= 4 is 29.4 Å². The average Bonchev–Trinajstić information content (AvgIpc) is 3.41. The highest BCUT2D eigenvalue weighted by Gasteiger charge is 2.53. The first-order valence-corrected chi connectivity index (χ1v) is 13.9. The number of nitrogens with zero attached hydrogens (tertiary/aromatic N) is 2. The maximum absolute atomic E-state index is 13.8. The zero-order chi connectivity index (χ0) is 29.2. The first kappa shape index (κ1) is 30.3. The molecule has 39 heavy (non-hydrogen) atoms. The lowest BCUT2D eigenvalue weighted by atomic mass is 9.86. The Kier molecular flexibility index (Phi) is 9.23. The van der Waals surface area contributed by atoms with Crippen molar-refractivity contribution in [3.8, 4) is 0 Å².